The third-order valence-corrected chi connectivity index (χ3v) is 3.51. The molecule has 1 aromatic carbocycles. The summed E-state index contributed by atoms with van der Waals surface area (Å²) in [5.74, 6) is 0.977. The third kappa shape index (κ3) is 6.27. The van der Waals surface area contributed by atoms with Crippen molar-refractivity contribution in [1.29, 1.82) is 0 Å². The maximum Gasteiger partial charge on any atom is 0.123 e. The van der Waals surface area contributed by atoms with Crippen molar-refractivity contribution in [1.82, 2.24) is 5.32 Å². The molecule has 0 aromatic heterocycles. The van der Waals surface area contributed by atoms with Gasteiger partial charge in [-0.3, -0.25) is 0 Å². The summed E-state index contributed by atoms with van der Waals surface area (Å²) in [6.07, 6.45) is 5.32. The molecule has 17 heavy (non-hydrogen) atoms. The standard InChI is InChI=1S/C14H22INO/c1-17-14-9-5-4-8-13(14)12-16-11-7-3-2-6-10-15/h4-5,8-9,16H,2-3,6-7,10-12H2,1H3. The number of rotatable bonds is 9. The second-order valence-electron chi connectivity index (χ2n) is 4.09. The maximum atomic E-state index is 5.31. The first-order valence-electron chi connectivity index (χ1n) is 6.27. The summed E-state index contributed by atoms with van der Waals surface area (Å²) in [6.45, 7) is 2.00. The first-order chi connectivity index (χ1) is 8.38. The van der Waals surface area contributed by atoms with Crippen LogP contribution in [0.15, 0.2) is 24.3 Å². The van der Waals surface area contributed by atoms with Gasteiger partial charge in [0.2, 0.25) is 0 Å². The third-order valence-electron chi connectivity index (χ3n) is 2.75. The summed E-state index contributed by atoms with van der Waals surface area (Å²) in [5, 5.41) is 3.47. The summed E-state index contributed by atoms with van der Waals surface area (Å²) in [6, 6.07) is 8.19. The number of benzene rings is 1. The van der Waals surface area contributed by atoms with E-state index in [1.165, 1.54) is 35.7 Å². The molecule has 0 saturated carbocycles. The Morgan fingerprint density at radius 1 is 1.12 bits per heavy atom. The molecule has 0 saturated heterocycles. The minimum atomic E-state index is 0.899. The summed E-state index contributed by atoms with van der Waals surface area (Å²) in [4.78, 5) is 0. The number of ether oxygens (including phenoxy) is 1. The first kappa shape index (κ1) is 14.8. The van der Waals surface area contributed by atoms with E-state index in [1.807, 2.05) is 12.1 Å². The van der Waals surface area contributed by atoms with E-state index in [1.54, 1.807) is 7.11 Å². The van der Waals surface area contributed by atoms with Crippen LogP contribution in [0.2, 0.25) is 0 Å². The van der Waals surface area contributed by atoms with Crippen molar-refractivity contribution in [2.24, 2.45) is 0 Å². The zero-order chi connectivity index (χ0) is 12.3. The van der Waals surface area contributed by atoms with Crippen molar-refractivity contribution >= 4 is 22.6 Å². The monoisotopic (exact) mass is 347 g/mol. The molecule has 0 aliphatic heterocycles. The second kappa shape index (κ2) is 9.71. The van der Waals surface area contributed by atoms with Crippen molar-refractivity contribution in [2.75, 3.05) is 18.1 Å². The van der Waals surface area contributed by atoms with Crippen LogP contribution in [0.1, 0.15) is 31.2 Å². The molecule has 0 heterocycles. The number of halogens is 1. The lowest BCUT2D eigenvalue weighted by Gasteiger charge is -2.09. The number of alkyl halides is 1. The van der Waals surface area contributed by atoms with Gasteiger partial charge in [-0.05, 0) is 29.9 Å². The van der Waals surface area contributed by atoms with Gasteiger partial charge in [0.25, 0.3) is 0 Å². The van der Waals surface area contributed by atoms with Crippen LogP contribution in [0.4, 0.5) is 0 Å². The molecule has 0 amide bonds. The Morgan fingerprint density at radius 2 is 1.88 bits per heavy atom. The van der Waals surface area contributed by atoms with Crippen molar-refractivity contribution in [3.8, 4) is 5.75 Å². The van der Waals surface area contributed by atoms with Crippen LogP contribution in [0, 0.1) is 0 Å². The van der Waals surface area contributed by atoms with E-state index in [0.717, 1.165) is 18.8 Å². The van der Waals surface area contributed by atoms with Gasteiger partial charge >= 0.3 is 0 Å². The van der Waals surface area contributed by atoms with Gasteiger partial charge in [-0.1, -0.05) is 53.6 Å². The minimum Gasteiger partial charge on any atom is -0.496 e. The predicted molar refractivity (Wildman–Crippen MR) is 82.1 cm³/mol. The zero-order valence-electron chi connectivity index (χ0n) is 10.5. The average Bonchev–Trinajstić information content (AvgIpc) is 2.38. The molecule has 1 N–H and O–H groups in total. The fourth-order valence-corrected chi connectivity index (χ4v) is 2.31. The van der Waals surface area contributed by atoms with Crippen LogP contribution >= 0.6 is 22.6 Å². The van der Waals surface area contributed by atoms with Gasteiger partial charge in [-0.25, -0.2) is 0 Å². The summed E-state index contributed by atoms with van der Waals surface area (Å²) >= 11 is 2.44. The van der Waals surface area contributed by atoms with E-state index >= 15 is 0 Å². The number of para-hydroxylation sites is 1. The highest BCUT2D eigenvalue weighted by molar-refractivity contribution is 14.1. The van der Waals surface area contributed by atoms with Gasteiger partial charge in [0.05, 0.1) is 7.11 Å². The Hall–Kier alpha value is -0.290. The molecule has 0 unspecified atom stereocenters. The van der Waals surface area contributed by atoms with Gasteiger partial charge in [0.15, 0.2) is 0 Å². The molecule has 0 fully saturated rings. The Bertz CT molecular complexity index is 304. The molecule has 3 heteroatoms. The van der Waals surface area contributed by atoms with E-state index in [-0.39, 0.29) is 0 Å². The number of nitrogens with one attached hydrogen (secondary N) is 1. The Morgan fingerprint density at radius 3 is 2.65 bits per heavy atom. The van der Waals surface area contributed by atoms with Crippen LogP contribution in [-0.2, 0) is 6.54 Å². The fourth-order valence-electron chi connectivity index (χ4n) is 1.77. The van der Waals surface area contributed by atoms with E-state index in [0.29, 0.717) is 0 Å². The van der Waals surface area contributed by atoms with E-state index in [4.69, 9.17) is 4.74 Å². The van der Waals surface area contributed by atoms with Crippen LogP contribution in [0.5, 0.6) is 5.75 Å². The largest absolute Gasteiger partial charge is 0.496 e. The highest BCUT2D eigenvalue weighted by Gasteiger charge is 1.99. The summed E-state index contributed by atoms with van der Waals surface area (Å²) < 4.78 is 6.60. The van der Waals surface area contributed by atoms with Crippen LogP contribution in [0.3, 0.4) is 0 Å². The number of unbranched alkanes of at least 4 members (excludes halogenated alkanes) is 3. The van der Waals surface area contributed by atoms with E-state index in [2.05, 4.69) is 40.0 Å². The number of hydrogen-bond acceptors (Lipinski definition) is 2. The zero-order valence-corrected chi connectivity index (χ0v) is 12.7. The summed E-state index contributed by atoms with van der Waals surface area (Å²) in [5.41, 5.74) is 1.24. The minimum absolute atomic E-state index is 0.899. The highest BCUT2D eigenvalue weighted by atomic mass is 127. The van der Waals surface area contributed by atoms with E-state index < -0.39 is 0 Å². The number of hydrogen-bond donors (Lipinski definition) is 1. The lowest BCUT2D eigenvalue weighted by molar-refractivity contribution is 0.407. The summed E-state index contributed by atoms with van der Waals surface area (Å²) in [7, 11) is 1.73. The molecule has 1 aromatic rings. The molecule has 0 bridgehead atoms. The van der Waals surface area contributed by atoms with E-state index in [9.17, 15) is 0 Å². The number of methoxy groups -OCH3 is 1. The van der Waals surface area contributed by atoms with Gasteiger partial charge in [0.1, 0.15) is 5.75 Å². The Labute approximate surface area is 118 Å². The topological polar surface area (TPSA) is 21.3 Å². The molecule has 0 radical (unpaired) electrons. The lowest BCUT2D eigenvalue weighted by Crippen LogP contribution is -2.15. The molecular weight excluding hydrogens is 325 g/mol. The maximum absolute atomic E-state index is 5.31. The lowest BCUT2D eigenvalue weighted by atomic mass is 10.2. The molecule has 1 rings (SSSR count). The average molecular weight is 347 g/mol. The molecular formula is C14H22INO. The van der Waals surface area contributed by atoms with Crippen molar-refractivity contribution in [3.63, 3.8) is 0 Å². The van der Waals surface area contributed by atoms with Gasteiger partial charge in [0, 0.05) is 12.1 Å². The predicted octanol–water partition coefficient (Wildman–Crippen LogP) is 3.78. The SMILES string of the molecule is COc1ccccc1CNCCCCCCI. The molecule has 2 nitrogen and oxygen atoms in total. The van der Waals surface area contributed by atoms with Gasteiger partial charge in [-0.2, -0.15) is 0 Å². The molecule has 0 atom stereocenters. The van der Waals surface area contributed by atoms with Crippen molar-refractivity contribution in [2.45, 2.75) is 32.2 Å². The fraction of sp³-hybridized carbons (Fsp3) is 0.571. The van der Waals surface area contributed by atoms with Crippen LogP contribution in [-0.4, -0.2) is 18.1 Å². The van der Waals surface area contributed by atoms with Gasteiger partial charge in [-0.15, -0.1) is 0 Å². The second-order valence-corrected chi connectivity index (χ2v) is 5.17. The normalized spacial score (nSPS) is 10.5. The molecule has 0 spiro atoms. The molecule has 96 valence electrons. The Kier molecular flexibility index (Phi) is 8.44. The highest BCUT2D eigenvalue weighted by Crippen LogP contribution is 2.16. The van der Waals surface area contributed by atoms with Crippen molar-refractivity contribution < 1.29 is 4.74 Å². The smallest absolute Gasteiger partial charge is 0.123 e. The molecule has 0 aliphatic carbocycles. The molecule has 0 aliphatic rings. The van der Waals surface area contributed by atoms with Gasteiger partial charge < -0.3 is 10.1 Å². The van der Waals surface area contributed by atoms with Crippen molar-refractivity contribution in [3.05, 3.63) is 29.8 Å². The van der Waals surface area contributed by atoms with Crippen LogP contribution < -0.4 is 10.1 Å². The quantitative estimate of drug-likeness (QED) is 0.417. The first-order valence-corrected chi connectivity index (χ1v) is 7.79. The Balaban J connectivity index is 2.13. The van der Waals surface area contributed by atoms with Crippen LogP contribution in [0.25, 0.3) is 0 Å².